The van der Waals surface area contributed by atoms with Gasteiger partial charge in [-0.3, -0.25) is 4.79 Å². The molecule has 5 nitrogen and oxygen atoms in total. The smallest absolute Gasteiger partial charge is 0.326 e. The third-order valence-corrected chi connectivity index (χ3v) is 3.60. The molecule has 1 saturated carbocycles. The van der Waals surface area contributed by atoms with Crippen molar-refractivity contribution in [1.29, 1.82) is 0 Å². The standard InChI is InChI=1S/C16H15NO4/c18-15(17-13(16(19)20)11-6-7-11)14-12(8-9-21-14)10-4-2-1-3-5-10/h1-5,8-9,11,13H,6-7H2,(H,17,18)(H,19,20). The molecule has 1 unspecified atom stereocenters. The van der Waals surface area contributed by atoms with Gasteiger partial charge in [-0.2, -0.15) is 0 Å². The fraction of sp³-hybridized carbons (Fsp3) is 0.250. The van der Waals surface area contributed by atoms with Crippen molar-refractivity contribution in [3.05, 3.63) is 48.4 Å². The second-order valence-electron chi connectivity index (χ2n) is 5.16. The summed E-state index contributed by atoms with van der Waals surface area (Å²) < 4.78 is 5.26. The number of carbonyl (C=O) groups is 2. The second kappa shape index (κ2) is 5.44. The van der Waals surface area contributed by atoms with E-state index in [9.17, 15) is 14.7 Å². The zero-order valence-corrected chi connectivity index (χ0v) is 11.3. The number of furan rings is 1. The molecule has 1 aliphatic carbocycles. The topological polar surface area (TPSA) is 79.5 Å². The van der Waals surface area contributed by atoms with Crippen molar-refractivity contribution in [3.8, 4) is 11.1 Å². The van der Waals surface area contributed by atoms with Crippen LogP contribution in [0.25, 0.3) is 11.1 Å². The van der Waals surface area contributed by atoms with Crippen molar-refractivity contribution < 1.29 is 19.1 Å². The van der Waals surface area contributed by atoms with E-state index in [0.29, 0.717) is 5.56 Å². The summed E-state index contributed by atoms with van der Waals surface area (Å²) in [6.45, 7) is 0. The average molecular weight is 285 g/mol. The molecule has 1 heterocycles. The Labute approximate surface area is 121 Å². The third kappa shape index (κ3) is 2.81. The molecule has 1 fully saturated rings. The summed E-state index contributed by atoms with van der Waals surface area (Å²) in [6.07, 6.45) is 3.10. The SMILES string of the molecule is O=C(NC(C(=O)O)C1CC1)c1occc1-c1ccccc1. The maximum absolute atomic E-state index is 12.3. The van der Waals surface area contributed by atoms with Crippen LogP contribution in [0.5, 0.6) is 0 Å². The minimum Gasteiger partial charge on any atom is -0.480 e. The van der Waals surface area contributed by atoms with Gasteiger partial charge in [0.05, 0.1) is 6.26 Å². The molecule has 108 valence electrons. The van der Waals surface area contributed by atoms with Gasteiger partial charge in [0.25, 0.3) is 5.91 Å². The molecule has 0 aliphatic heterocycles. The van der Waals surface area contributed by atoms with Crippen LogP contribution in [-0.2, 0) is 4.79 Å². The summed E-state index contributed by atoms with van der Waals surface area (Å²) in [4.78, 5) is 23.5. The van der Waals surface area contributed by atoms with Crippen molar-refractivity contribution in [3.63, 3.8) is 0 Å². The van der Waals surface area contributed by atoms with Gasteiger partial charge in [0, 0.05) is 5.56 Å². The molecule has 1 amide bonds. The first-order valence-electron chi connectivity index (χ1n) is 6.83. The lowest BCUT2D eigenvalue weighted by molar-refractivity contribution is -0.139. The third-order valence-electron chi connectivity index (χ3n) is 3.60. The monoisotopic (exact) mass is 285 g/mol. The van der Waals surface area contributed by atoms with Crippen molar-refractivity contribution in [2.24, 2.45) is 5.92 Å². The number of hydrogen-bond donors (Lipinski definition) is 2. The van der Waals surface area contributed by atoms with E-state index in [-0.39, 0.29) is 11.7 Å². The Kier molecular flexibility index (Phi) is 3.48. The summed E-state index contributed by atoms with van der Waals surface area (Å²) in [6, 6.07) is 10.2. The summed E-state index contributed by atoms with van der Waals surface area (Å²) in [5.74, 6) is -1.31. The quantitative estimate of drug-likeness (QED) is 0.884. The van der Waals surface area contributed by atoms with Gasteiger partial charge in [0.1, 0.15) is 6.04 Å². The first-order valence-corrected chi connectivity index (χ1v) is 6.83. The van der Waals surface area contributed by atoms with E-state index in [2.05, 4.69) is 5.32 Å². The number of carboxylic acid groups (broad SMARTS) is 1. The van der Waals surface area contributed by atoms with Crippen LogP contribution < -0.4 is 5.32 Å². The summed E-state index contributed by atoms with van der Waals surface area (Å²) in [5, 5.41) is 11.7. The van der Waals surface area contributed by atoms with E-state index >= 15 is 0 Å². The van der Waals surface area contributed by atoms with Crippen LogP contribution in [0.4, 0.5) is 0 Å². The average Bonchev–Trinajstić information content (AvgIpc) is 3.20. The molecular weight excluding hydrogens is 270 g/mol. The molecule has 0 saturated heterocycles. The van der Waals surface area contributed by atoms with E-state index in [1.807, 2.05) is 30.3 Å². The van der Waals surface area contributed by atoms with Gasteiger partial charge in [-0.05, 0) is 30.4 Å². The Balaban J connectivity index is 1.82. The Hall–Kier alpha value is -2.56. The van der Waals surface area contributed by atoms with Gasteiger partial charge in [0.2, 0.25) is 0 Å². The molecule has 1 aromatic heterocycles. The normalized spacial score (nSPS) is 15.4. The largest absolute Gasteiger partial charge is 0.480 e. The number of carbonyl (C=O) groups excluding carboxylic acids is 1. The molecule has 21 heavy (non-hydrogen) atoms. The van der Waals surface area contributed by atoms with E-state index in [4.69, 9.17) is 4.42 Å². The van der Waals surface area contributed by atoms with Crippen molar-refractivity contribution in [2.45, 2.75) is 18.9 Å². The number of aliphatic carboxylic acids is 1. The summed E-state index contributed by atoms with van der Waals surface area (Å²) in [7, 11) is 0. The van der Waals surface area contributed by atoms with Crippen LogP contribution in [0.2, 0.25) is 0 Å². The molecule has 0 spiro atoms. The van der Waals surface area contributed by atoms with Crippen LogP contribution in [0, 0.1) is 5.92 Å². The maximum atomic E-state index is 12.3. The number of carboxylic acids is 1. The lowest BCUT2D eigenvalue weighted by atomic mass is 10.1. The summed E-state index contributed by atoms with van der Waals surface area (Å²) >= 11 is 0. The molecule has 1 aromatic carbocycles. The first-order chi connectivity index (χ1) is 10.2. The fourth-order valence-corrected chi connectivity index (χ4v) is 2.35. The van der Waals surface area contributed by atoms with Gasteiger partial charge in [-0.25, -0.2) is 4.79 Å². The van der Waals surface area contributed by atoms with Gasteiger partial charge in [-0.15, -0.1) is 0 Å². The zero-order chi connectivity index (χ0) is 14.8. The van der Waals surface area contributed by atoms with Crippen molar-refractivity contribution in [1.82, 2.24) is 5.32 Å². The van der Waals surface area contributed by atoms with Crippen LogP contribution in [0.1, 0.15) is 23.4 Å². The molecule has 2 aromatic rings. The molecular formula is C16H15NO4. The number of rotatable bonds is 5. The van der Waals surface area contributed by atoms with Gasteiger partial charge in [-0.1, -0.05) is 30.3 Å². The Morgan fingerprint density at radius 2 is 1.90 bits per heavy atom. The minimum absolute atomic E-state index is 0.0292. The van der Waals surface area contributed by atoms with E-state index < -0.39 is 17.9 Å². The van der Waals surface area contributed by atoms with Gasteiger partial charge in [0.15, 0.2) is 5.76 Å². The van der Waals surface area contributed by atoms with E-state index in [1.54, 1.807) is 6.07 Å². The zero-order valence-electron chi connectivity index (χ0n) is 11.3. The highest BCUT2D eigenvalue weighted by molar-refractivity contribution is 6.00. The van der Waals surface area contributed by atoms with Crippen LogP contribution in [-0.4, -0.2) is 23.0 Å². The first kappa shape index (κ1) is 13.4. The Morgan fingerprint density at radius 3 is 2.52 bits per heavy atom. The lowest BCUT2D eigenvalue weighted by Gasteiger charge is -2.13. The highest BCUT2D eigenvalue weighted by atomic mass is 16.4. The lowest BCUT2D eigenvalue weighted by Crippen LogP contribution is -2.42. The highest BCUT2D eigenvalue weighted by Gasteiger charge is 2.38. The minimum atomic E-state index is -1.00. The molecule has 0 bridgehead atoms. The molecule has 2 N–H and O–H groups in total. The van der Waals surface area contributed by atoms with Crippen LogP contribution in [0.15, 0.2) is 47.1 Å². The van der Waals surface area contributed by atoms with E-state index in [1.165, 1.54) is 6.26 Å². The number of benzene rings is 1. The molecule has 1 aliphatic rings. The highest BCUT2D eigenvalue weighted by Crippen LogP contribution is 2.33. The van der Waals surface area contributed by atoms with Crippen molar-refractivity contribution in [2.75, 3.05) is 0 Å². The predicted molar refractivity (Wildman–Crippen MR) is 75.8 cm³/mol. The molecule has 1 atom stereocenters. The van der Waals surface area contributed by atoms with Crippen LogP contribution in [0.3, 0.4) is 0 Å². The fourth-order valence-electron chi connectivity index (χ4n) is 2.35. The Bertz CT molecular complexity index is 658. The summed E-state index contributed by atoms with van der Waals surface area (Å²) in [5.41, 5.74) is 1.52. The predicted octanol–water partition coefficient (Wildman–Crippen LogP) is 2.54. The second-order valence-corrected chi connectivity index (χ2v) is 5.16. The number of nitrogens with one attached hydrogen (secondary N) is 1. The molecule has 5 heteroatoms. The maximum Gasteiger partial charge on any atom is 0.326 e. The number of hydrogen-bond acceptors (Lipinski definition) is 3. The van der Waals surface area contributed by atoms with Gasteiger partial charge < -0.3 is 14.8 Å². The molecule has 3 rings (SSSR count). The number of amides is 1. The van der Waals surface area contributed by atoms with Crippen LogP contribution >= 0.6 is 0 Å². The van der Waals surface area contributed by atoms with Crippen molar-refractivity contribution >= 4 is 11.9 Å². The molecule has 0 radical (unpaired) electrons. The van der Waals surface area contributed by atoms with Gasteiger partial charge >= 0.3 is 5.97 Å². The Morgan fingerprint density at radius 1 is 1.19 bits per heavy atom. The van der Waals surface area contributed by atoms with E-state index in [0.717, 1.165) is 18.4 Å².